The molecule has 0 bridgehead atoms. The average Bonchev–Trinajstić information content (AvgIpc) is 2.36. The Bertz CT molecular complexity index is 305. The molecule has 0 aromatic rings. The molecule has 0 aliphatic carbocycles. The number of rotatable bonds is 6. The standard InChI is InChI=1S/C16H32N2O3/c1-13(2)20-11-8-17-12-14-6-9-18(10-7-14)15(19)21-16(3,4)5/h13-14,17H,6-12H2,1-5H3. The molecule has 0 saturated carbocycles. The molecule has 1 aliphatic rings. The second kappa shape index (κ2) is 8.59. The van der Waals surface area contributed by atoms with Gasteiger partial charge >= 0.3 is 6.09 Å². The van der Waals surface area contributed by atoms with E-state index in [-0.39, 0.29) is 6.09 Å². The van der Waals surface area contributed by atoms with Crippen LogP contribution in [0.2, 0.25) is 0 Å². The molecule has 1 rings (SSSR count). The van der Waals surface area contributed by atoms with Gasteiger partial charge in [0.25, 0.3) is 0 Å². The largest absolute Gasteiger partial charge is 0.444 e. The van der Waals surface area contributed by atoms with Gasteiger partial charge in [0.05, 0.1) is 12.7 Å². The Morgan fingerprint density at radius 1 is 1.29 bits per heavy atom. The molecule has 0 aromatic carbocycles. The zero-order chi connectivity index (χ0) is 15.9. The number of hydrogen-bond donors (Lipinski definition) is 1. The first-order chi connectivity index (χ1) is 9.78. The minimum absolute atomic E-state index is 0.181. The molecule has 0 aromatic heterocycles. The van der Waals surface area contributed by atoms with Crippen LogP contribution in [0.1, 0.15) is 47.5 Å². The van der Waals surface area contributed by atoms with E-state index in [0.29, 0.717) is 12.0 Å². The molecule has 5 nitrogen and oxygen atoms in total. The number of nitrogens with zero attached hydrogens (tertiary/aromatic N) is 1. The van der Waals surface area contributed by atoms with Gasteiger partial charge < -0.3 is 19.7 Å². The minimum atomic E-state index is -0.411. The number of amides is 1. The van der Waals surface area contributed by atoms with Crippen molar-refractivity contribution in [3.8, 4) is 0 Å². The van der Waals surface area contributed by atoms with Crippen LogP contribution in [0.15, 0.2) is 0 Å². The van der Waals surface area contributed by atoms with Crippen LogP contribution in [0, 0.1) is 5.92 Å². The van der Waals surface area contributed by atoms with Gasteiger partial charge in [-0.2, -0.15) is 0 Å². The van der Waals surface area contributed by atoms with Gasteiger partial charge in [-0.05, 0) is 59.9 Å². The van der Waals surface area contributed by atoms with Crippen molar-refractivity contribution in [2.75, 3.05) is 32.8 Å². The lowest BCUT2D eigenvalue weighted by Gasteiger charge is -2.33. The zero-order valence-electron chi connectivity index (χ0n) is 14.3. The predicted molar refractivity (Wildman–Crippen MR) is 84.5 cm³/mol. The molecule has 1 saturated heterocycles. The van der Waals surface area contributed by atoms with E-state index in [9.17, 15) is 4.79 Å². The fourth-order valence-corrected chi connectivity index (χ4v) is 2.32. The van der Waals surface area contributed by atoms with Crippen LogP contribution in [0.4, 0.5) is 4.79 Å². The smallest absolute Gasteiger partial charge is 0.410 e. The summed E-state index contributed by atoms with van der Waals surface area (Å²) in [6.07, 6.45) is 2.19. The van der Waals surface area contributed by atoms with Gasteiger partial charge in [0.15, 0.2) is 0 Å². The fraction of sp³-hybridized carbons (Fsp3) is 0.938. The van der Waals surface area contributed by atoms with Crippen LogP contribution in [0.3, 0.4) is 0 Å². The summed E-state index contributed by atoms with van der Waals surface area (Å²) in [5.41, 5.74) is -0.411. The summed E-state index contributed by atoms with van der Waals surface area (Å²) in [5, 5.41) is 3.43. The third kappa shape index (κ3) is 8.27. The highest BCUT2D eigenvalue weighted by Gasteiger charge is 2.26. The maximum atomic E-state index is 12.0. The van der Waals surface area contributed by atoms with E-state index in [1.165, 1.54) is 0 Å². The second-order valence-electron chi connectivity index (χ2n) is 7.03. The van der Waals surface area contributed by atoms with Crippen molar-refractivity contribution < 1.29 is 14.3 Å². The van der Waals surface area contributed by atoms with E-state index >= 15 is 0 Å². The third-order valence-electron chi connectivity index (χ3n) is 3.43. The highest BCUT2D eigenvalue weighted by molar-refractivity contribution is 5.68. The first-order valence-electron chi connectivity index (χ1n) is 8.08. The molecule has 124 valence electrons. The van der Waals surface area contributed by atoms with Crippen LogP contribution in [-0.4, -0.2) is 55.5 Å². The predicted octanol–water partition coefficient (Wildman–Crippen LogP) is 2.65. The molecule has 0 atom stereocenters. The first kappa shape index (κ1) is 18.2. The number of piperidine rings is 1. The van der Waals surface area contributed by atoms with Crippen LogP contribution in [0.5, 0.6) is 0 Å². The van der Waals surface area contributed by atoms with Gasteiger partial charge in [-0.1, -0.05) is 0 Å². The third-order valence-corrected chi connectivity index (χ3v) is 3.43. The maximum absolute atomic E-state index is 12.0. The van der Waals surface area contributed by atoms with Crippen molar-refractivity contribution in [3.05, 3.63) is 0 Å². The van der Waals surface area contributed by atoms with Gasteiger partial charge in [0.2, 0.25) is 0 Å². The molecule has 0 spiro atoms. The van der Waals surface area contributed by atoms with E-state index in [0.717, 1.165) is 45.6 Å². The van der Waals surface area contributed by atoms with Crippen LogP contribution in [-0.2, 0) is 9.47 Å². The summed E-state index contributed by atoms with van der Waals surface area (Å²) in [7, 11) is 0. The Morgan fingerprint density at radius 2 is 1.90 bits per heavy atom. The van der Waals surface area contributed by atoms with E-state index in [2.05, 4.69) is 5.32 Å². The molecular weight excluding hydrogens is 268 g/mol. The van der Waals surface area contributed by atoms with E-state index in [1.807, 2.05) is 39.5 Å². The van der Waals surface area contributed by atoms with E-state index in [4.69, 9.17) is 9.47 Å². The Kier molecular flexibility index (Phi) is 7.46. The quantitative estimate of drug-likeness (QED) is 0.766. The van der Waals surface area contributed by atoms with Gasteiger partial charge in [-0.25, -0.2) is 4.79 Å². The molecule has 1 N–H and O–H groups in total. The summed E-state index contributed by atoms with van der Waals surface area (Å²) >= 11 is 0. The lowest BCUT2D eigenvalue weighted by atomic mass is 9.97. The van der Waals surface area contributed by atoms with Gasteiger partial charge in [-0.15, -0.1) is 0 Å². The van der Waals surface area contributed by atoms with Gasteiger partial charge in [0.1, 0.15) is 5.60 Å². The SMILES string of the molecule is CC(C)OCCNCC1CCN(C(=O)OC(C)(C)C)CC1. The second-order valence-corrected chi connectivity index (χ2v) is 7.03. The number of carbonyl (C=O) groups is 1. The molecule has 0 unspecified atom stereocenters. The molecular formula is C16H32N2O3. The van der Waals surface area contributed by atoms with Crippen molar-refractivity contribution in [1.29, 1.82) is 0 Å². The van der Waals surface area contributed by atoms with Gasteiger partial charge in [0, 0.05) is 19.6 Å². The lowest BCUT2D eigenvalue weighted by molar-refractivity contribution is 0.0183. The summed E-state index contributed by atoms with van der Waals surface area (Å²) in [6.45, 7) is 14.1. The molecule has 0 radical (unpaired) electrons. The first-order valence-corrected chi connectivity index (χ1v) is 8.08. The number of nitrogens with one attached hydrogen (secondary N) is 1. The Morgan fingerprint density at radius 3 is 2.43 bits per heavy atom. The summed E-state index contributed by atoms with van der Waals surface area (Å²) in [5.74, 6) is 0.641. The average molecular weight is 300 g/mol. The van der Waals surface area contributed by atoms with Crippen LogP contribution < -0.4 is 5.32 Å². The molecule has 1 amide bonds. The van der Waals surface area contributed by atoms with Crippen molar-refractivity contribution in [2.24, 2.45) is 5.92 Å². The molecule has 1 heterocycles. The van der Waals surface area contributed by atoms with Crippen LogP contribution in [0.25, 0.3) is 0 Å². The van der Waals surface area contributed by atoms with Crippen molar-refractivity contribution >= 4 is 6.09 Å². The van der Waals surface area contributed by atoms with Crippen molar-refractivity contribution in [3.63, 3.8) is 0 Å². The zero-order valence-corrected chi connectivity index (χ0v) is 14.3. The Labute approximate surface area is 129 Å². The van der Waals surface area contributed by atoms with E-state index in [1.54, 1.807) is 0 Å². The summed E-state index contributed by atoms with van der Waals surface area (Å²) < 4.78 is 10.9. The highest BCUT2D eigenvalue weighted by Crippen LogP contribution is 2.19. The van der Waals surface area contributed by atoms with Crippen LogP contribution >= 0.6 is 0 Å². The monoisotopic (exact) mass is 300 g/mol. The topological polar surface area (TPSA) is 50.8 Å². The maximum Gasteiger partial charge on any atom is 0.410 e. The molecule has 21 heavy (non-hydrogen) atoms. The summed E-state index contributed by atoms with van der Waals surface area (Å²) in [6, 6.07) is 0. The van der Waals surface area contributed by atoms with E-state index < -0.39 is 5.60 Å². The number of carbonyl (C=O) groups excluding carboxylic acids is 1. The Hall–Kier alpha value is -0.810. The number of ether oxygens (including phenoxy) is 2. The number of hydrogen-bond acceptors (Lipinski definition) is 4. The normalized spacial score (nSPS) is 17.3. The lowest BCUT2D eigenvalue weighted by Crippen LogP contribution is -2.43. The number of likely N-dealkylation sites (tertiary alicyclic amines) is 1. The minimum Gasteiger partial charge on any atom is -0.444 e. The molecule has 5 heteroatoms. The fourth-order valence-electron chi connectivity index (χ4n) is 2.32. The summed E-state index contributed by atoms with van der Waals surface area (Å²) in [4.78, 5) is 13.8. The van der Waals surface area contributed by atoms with Gasteiger partial charge in [-0.3, -0.25) is 0 Å². The Balaban J connectivity index is 2.13. The molecule has 1 fully saturated rings. The van der Waals surface area contributed by atoms with Crippen molar-refractivity contribution in [2.45, 2.75) is 59.2 Å². The van der Waals surface area contributed by atoms with Crippen molar-refractivity contribution in [1.82, 2.24) is 10.2 Å². The molecule has 1 aliphatic heterocycles. The highest BCUT2D eigenvalue weighted by atomic mass is 16.6.